The number of hydrogen-bond acceptors (Lipinski definition) is 4. The Hall–Kier alpha value is -2.62. The van der Waals surface area contributed by atoms with Crippen molar-refractivity contribution in [3.8, 4) is 23.0 Å². The molecule has 0 unspecified atom stereocenters. The Morgan fingerprint density at radius 3 is 1.35 bits per heavy atom. The molecule has 0 bridgehead atoms. The number of phenols is 4. The molecule has 0 saturated carbocycles. The van der Waals surface area contributed by atoms with E-state index in [1.807, 2.05) is 27.7 Å². The molecule has 26 heavy (non-hydrogen) atoms. The third kappa shape index (κ3) is 3.00. The summed E-state index contributed by atoms with van der Waals surface area (Å²) in [5.41, 5.74) is 6.33. The van der Waals surface area contributed by atoms with E-state index < -0.39 is 0 Å². The van der Waals surface area contributed by atoms with Crippen LogP contribution in [-0.4, -0.2) is 20.4 Å². The first kappa shape index (κ1) is 19.7. The molecule has 0 aliphatic rings. The van der Waals surface area contributed by atoms with Crippen LogP contribution >= 0.6 is 0 Å². The van der Waals surface area contributed by atoms with E-state index in [1.165, 1.54) is 0 Å². The Balaban J connectivity index is 2.41. The number of hydrogen-bond donors (Lipinski definition) is 4. The Kier molecular flexibility index (Phi) is 5.26. The van der Waals surface area contributed by atoms with Crippen molar-refractivity contribution >= 4 is 5.57 Å². The predicted molar refractivity (Wildman–Crippen MR) is 105 cm³/mol. The van der Waals surface area contributed by atoms with Crippen molar-refractivity contribution in [2.24, 2.45) is 0 Å². The molecule has 4 nitrogen and oxygen atoms in total. The molecule has 2 aromatic rings. The first-order chi connectivity index (χ1) is 12.0. The van der Waals surface area contributed by atoms with E-state index in [1.54, 1.807) is 13.8 Å². The SMILES string of the molecule is C=C(CCc1c(C)c(O)c(C)c(O)c1C)c1c(C)c(O)c(C)c(O)c1C. The summed E-state index contributed by atoms with van der Waals surface area (Å²) in [6.07, 6.45) is 1.17. The minimum Gasteiger partial charge on any atom is -0.507 e. The van der Waals surface area contributed by atoms with Crippen LogP contribution in [0.4, 0.5) is 0 Å². The smallest absolute Gasteiger partial charge is 0.125 e. The monoisotopic (exact) mass is 356 g/mol. The van der Waals surface area contributed by atoms with Gasteiger partial charge in [-0.2, -0.15) is 0 Å². The van der Waals surface area contributed by atoms with Crippen LogP contribution < -0.4 is 0 Å². The lowest BCUT2D eigenvalue weighted by Gasteiger charge is -2.20. The summed E-state index contributed by atoms with van der Waals surface area (Å²) in [6.45, 7) is 14.8. The Morgan fingerprint density at radius 1 is 0.615 bits per heavy atom. The van der Waals surface area contributed by atoms with Gasteiger partial charge in [0.2, 0.25) is 0 Å². The molecule has 0 aliphatic heterocycles. The summed E-state index contributed by atoms with van der Waals surface area (Å²) in [7, 11) is 0. The van der Waals surface area contributed by atoms with Gasteiger partial charge in [-0.15, -0.1) is 0 Å². The molecular weight excluding hydrogens is 328 g/mol. The van der Waals surface area contributed by atoms with Crippen LogP contribution in [0.2, 0.25) is 0 Å². The lowest BCUT2D eigenvalue weighted by atomic mass is 9.87. The van der Waals surface area contributed by atoms with Gasteiger partial charge in [0, 0.05) is 11.1 Å². The van der Waals surface area contributed by atoms with Gasteiger partial charge in [-0.1, -0.05) is 6.58 Å². The van der Waals surface area contributed by atoms with E-state index in [-0.39, 0.29) is 23.0 Å². The number of rotatable bonds is 4. The number of aromatic hydroxyl groups is 4. The lowest BCUT2D eigenvalue weighted by molar-refractivity contribution is 0.436. The van der Waals surface area contributed by atoms with Crippen LogP contribution in [0.1, 0.15) is 50.9 Å². The molecule has 0 fully saturated rings. The van der Waals surface area contributed by atoms with Crippen LogP contribution in [-0.2, 0) is 6.42 Å². The summed E-state index contributed by atoms with van der Waals surface area (Å²) in [5.74, 6) is 0.405. The molecule has 0 radical (unpaired) electrons. The van der Waals surface area contributed by atoms with Crippen molar-refractivity contribution in [2.45, 2.75) is 54.4 Å². The average Bonchev–Trinajstić information content (AvgIpc) is 2.61. The molecule has 0 saturated heterocycles. The van der Waals surface area contributed by atoms with E-state index in [0.717, 1.165) is 27.8 Å². The van der Waals surface area contributed by atoms with Gasteiger partial charge in [0.05, 0.1) is 0 Å². The second-order valence-corrected chi connectivity index (χ2v) is 7.10. The van der Waals surface area contributed by atoms with Crippen LogP contribution in [0.25, 0.3) is 5.57 Å². The molecular formula is C22H28O4. The van der Waals surface area contributed by atoms with Crippen LogP contribution in [0.5, 0.6) is 23.0 Å². The van der Waals surface area contributed by atoms with Crippen molar-refractivity contribution in [3.63, 3.8) is 0 Å². The van der Waals surface area contributed by atoms with Gasteiger partial charge >= 0.3 is 0 Å². The summed E-state index contributed by atoms with van der Waals surface area (Å²) in [4.78, 5) is 0. The summed E-state index contributed by atoms with van der Waals surface area (Å²) < 4.78 is 0. The third-order valence-corrected chi connectivity index (χ3v) is 5.53. The normalized spacial score (nSPS) is 11.0. The fourth-order valence-corrected chi connectivity index (χ4v) is 3.74. The largest absolute Gasteiger partial charge is 0.507 e. The highest BCUT2D eigenvalue weighted by atomic mass is 16.3. The maximum atomic E-state index is 10.3. The third-order valence-electron chi connectivity index (χ3n) is 5.53. The zero-order chi connectivity index (χ0) is 19.9. The number of allylic oxidation sites excluding steroid dienone is 1. The van der Waals surface area contributed by atoms with Crippen LogP contribution in [0.3, 0.4) is 0 Å². The Bertz CT molecular complexity index is 849. The molecule has 2 aromatic carbocycles. The maximum Gasteiger partial charge on any atom is 0.125 e. The summed E-state index contributed by atoms with van der Waals surface area (Å²) in [5, 5.41) is 40.9. The Labute approximate surface area is 155 Å². The van der Waals surface area contributed by atoms with Gasteiger partial charge < -0.3 is 20.4 Å². The Morgan fingerprint density at radius 2 is 0.962 bits per heavy atom. The number of phenolic OH excluding ortho intramolecular Hbond substituents is 4. The molecule has 2 rings (SSSR count). The first-order valence-electron chi connectivity index (χ1n) is 8.71. The van der Waals surface area contributed by atoms with Crippen molar-refractivity contribution in [1.82, 2.24) is 0 Å². The quantitative estimate of drug-likeness (QED) is 0.621. The van der Waals surface area contributed by atoms with Crippen LogP contribution in [0, 0.1) is 41.5 Å². The van der Waals surface area contributed by atoms with Crippen molar-refractivity contribution in [2.75, 3.05) is 0 Å². The fraction of sp³-hybridized carbons (Fsp3) is 0.364. The van der Waals surface area contributed by atoms with Gasteiger partial charge in [-0.05, 0) is 93.3 Å². The molecule has 0 spiro atoms. The van der Waals surface area contributed by atoms with Crippen molar-refractivity contribution in [3.05, 3.63) is 51.1 Å². The standard InChI is InChI=1S/C22H28O4/c1-10(18-13(4)21(25)16(7)22(26)14(18)5)8-9-17-11(2)19(23)15(6)20(24)12(17)3/h23-26H,1,8-9H2,2-7H3. The minimum atomic E-state index is 0.0854. The van der Waals surface area contributed by atoms with Gasteiger partial charge in [0.1, 0.15) is 23.0 Å². The molecule has 140 valence electrons. The fourth-order valence-electron chi connectivity index (χ4n) is 3.74. The highest BCUT2D eigenvalue weighted by Crippen LogP contribution is 2.41. The minimum absolute atomic E-state index is 0.0854. The second-order valence-electron chi connectivity index (χ2n) is 7.10. The highest BCUT2D eigenvalue weighted by molar-refractivity contribution is 5.75. The van der Waals surface area contributed by atoms with E-state index in [0.29, 0.717) is 35.1 Å². The molecule has 0 aliphatic carbocycles. The van der Waals surface area contributed by atoms with E-state index in [2.05, 4.69) is 6.58 Å². The summed E-state index contributed by atoms with van der Waals surface area (Å²) >= 11 is 0. The van der Waals surface area contributed by atoms with Crippen molar-refractivity contribution in [1.29, 1.82) is 0 Å². The summed E-state index contributed by atoms with van der Waals surface area (Å²) in [6, 6.07) is 0. The lowest BCUT2D eigenvalue weighted by Crippen LogP contribution is -2.01. The van der Waals surface area contributed by atoms with Crippen LogP contribution in [0.15, 0.2) is 6.58 Å². The van der Waals surface area contributed by atoms with E-state index in [9.17, 15) is 20.4 Å². The molecule has 4 N–H and O–H groups in total. The van der Waals surface area contributed by atoms with Gasteiger partial charge in [0.25, 0.3) is 0 Å². The maximum absolute atomic E-state index is 10.3. The molecule has 0 amide bonds. The first-order valence-corrected chi connectivity index (χ1v) is 8.71. The van der Waals surface area contributed by atoms with E-state index in [4.69, 9.17) is 0 Å². The molecule has 4 heteroatoms. The number of benzene rings is 2. The zero-order valence-corrected chi connectivity index (χ0v) is 16.4. The molecule has 0 aromatic heterocycles. The zero-order valence-electron chi connectivity index (χ0n) is 16.4. The van der Waals surface area contributed by atoms with Gasteiger partial charge in [-0.25, -0.2) is 0 Å². The van der Waals surface area contributed by atoms with Gasteiger partial charge in [0.15, 0.2) is 0 Å². The highest BCUT2D eigenvalue weighted by Gasteiger charge is 2.20. The van der Waals surface area contributed by atoms with Crippen molar-refractivity contribution < 1.29 is 20.4 Å². The second kappa shape index (κ2) is 6.94. The molecule has 0 atom stereocenters. The molecule has 0 heterocycles. The topological polar surface area (TPSA) is 80.9 Å². The van der Waals surface area contributed by atoms with E-state index >= 15 is 0 Å². The average molecular weight is 356 g/mol. The predicted octanol–water partition coefficient (Wildman–Crippen LogP) is 5.01. The van der Waals surface area contributed by atoms with Gasteiger partial charge in [-0.3, -0.25) is 0 Å².